The Morgan fingerprint density at radius 1 is 1.30 bits per heavy atom. The second kappa shape index (κ2) is 6.88. The van der Waals surface area contributed by atoms with Crippen LogP contribution in [-0.4, -0.2) is 31.2 Å². The van der Waals surface area contributed by atoms with E-state index >= 15 is 0 Å². The zero-order chi connectivity index (χ0) is 14.5. The lowest BCUT2D eigenvalue weighted by atomic mass is 10.1. The molecule has 0 amide bonds. The summed E-state index contributed by atoms with van der Waals surface area (Å²) in [4.78, 5) is 2.23. The molecule has 1 aromatic carbocycles. The van der Waals surface area contributed by atoms with Crippen LogP contribution in [0.5, 0.6) is 0 Å². The molecule has 4 heteroatoms. The maximum atomic E-state index is 5.81. The highest BCUT2D eigenvalue weighted by Gasteiger charge is 2.14. The molecule has 0 aliphatic heterocycles. The van der Waals surface area contributed by atoms with Crippen molar-refractivity contribution in [3.63, 3.8) is 0 Å². The quantitative estimate of drug-likeness (QED) is 0.845. The predicted molar refractivity (Wildman–Crippen MR) is 81.5 cm³/mol. The van der Waals surface area contributed by atoms with E-state index < -0.39 is 0 Å². The minimum absolute atomic E-state index is 0.276. The number of fused-ring (bicyclic) bond motifs is 1. The van der Waals surface area contributed by atoms with Crippen LogP contribution in [0.1, 0.15) is 25.2 Å². The lowest BCUT2D eigenvalue weighted by Crippen LogP contribution is -2.24. The fraction of sp³-hybridized carbons (Fsp3) is 0.500. The van der Waals surface area contributed by atoms with Crippen LogP contribution >= 0.6 is 0 Å². The first-order valence-corrected chi connectivity index (χ1v) is 7.11. The molecule has 0 atom stereocenters. The fourth-order valence-electron chi connectivity index (χ4n) is 2.28. The molecule has 0 radical (unpaired) electrons. The molecule has 0 spiro atoms. The zero-order valence-corrected chi connectivity index (χ0v) is 12.6. The van der Waals surface area contributed by atoms with Gasteiger partial charge in [-0.2, -0.15) is 0 Å². The maximum absolute atomic E-state index is 5.81. The molecule has 1 aromatic heterocycles. The maximum Gasteiger partial charge on any atom is 0.134 e. The highest BCUT2D eigenvalue weighted by Crippen LogP contribution is 2.26. The number of ether oxygens (including phenoxy) is 1. The summed E-state index contributed by atoms with van der Waals surface area (Å²) in [6.45, 7) is 6.99. The highest BCUT2D eigenvalue weighted by molar-refractivity contribution is 5.82. The van der Waals surface area contributed by atoms with Gasteiger partial charge in [-0.25, -0.2) is 0 Å². The van der Waals surface area contributed by atoms with Crippen LogP contribution in [0, 0.1) is 0 Å². The van der Waals surface area contributed by atoms with Gasteiger partial charge in [0.05, 0.1) is 19.3 Å². The number of nitrogens with two attached hydrogens (primary N) is 1. The van der Waals surface area contributed by atoms with E-state index in [9.17, 15) is 0 Å². The van der Waals surface area contributed by atoms with Gasteiger partial charge in [-0.3, -0.25) is 4.90 Å². The van der Waals surface area contributed by atoms with E-state index in [0.717, 1.165) is 36.4 Å². The van der Waals surface area contributed by atoms with E-state index in [4.69, 9.17) is 14.9 Å². The average molecular weight is 276 g/mol. The Hall–Kier alpha value is -1.36. The Balaban J connectivity index is 2.08. The van der Waals surface area contributed by atoms with Crippen LogP contribution in [0.3, 0.4) is 0 Å². The molecule has 1 heterocycles. The van der Waals surface area contributed by atoms with Gasteiger partial charge >= 0.3 is 0 Å². The monoisotopic (exact) mass is 276 g/mol. The minimum Gasteiger partial charge on any atom is -0.459 e. The first-order valence-electron chi connectivity index (χ1n) is 7.11. The molecule has 2 rings (SSSR count). The van der Waals surface area contributed by atoms with E-state index in [-0.39, 0.29) is 6.10 Å². The highest BCUT2D eigenvalue weighted by atomic mass is 16.5. The summed E-state index contributed by atoms with van der Waals surface area (Å²) in [5, 5.41) is 1.16. The van der Waals surface area contributed by atoms with E-state index in [2.05, 4.69) is 31.9 Å². The second-order valence-corrected chi connectivity index (χ2v) is 5.36. The molecule has 110 valence electrons. The van der Waals surface area contributed by atoms with Crippen molar-refractivity contribution in [2.75, 3.05) is 20.2 Å². The Bertz CT molecular complexity index is 548. The third-order valence-corrected chi connectivity index (χ3v) is 3.32. The van der Waals surface area contributed by atoms with Crippen molar-refractivity contribution in [3.8, 4) is 0 Å². The molecule has 20 heavy (non-hydrogen) atoms. The van der Waals surface area contributed by atoms with Gasteiger partial charge in [0.1, 0.15) is 11.3 Å². The van der Waals surface area contributed by atoms with Gasteiger partial charge in [0.25, 0.3) is 0 Å². The summed E-state index contributed by atoms with van der Waals surface area (Å²) < 4.78 is 11.4. The number of hydrogen-bond donors (Lipinski definition) is 1. The number of benzene rings is 1. The zero-order valence-electron chi connectivity index (χ0n) is 12.6. The molecule has 0 aliphatic rings. The van der Waals surface area contributed by atoms with Crippen molar-refractivity contribution in [1.29, 1.82) is 0 Å². The van der Waals surface area contributed by atoms with Gasteiger partial charge < -0.3 is 14.9 Å². The van der Waals surface area contributed by atoms with Crippen LogP contribution in [0.15, 0.2) is 28.7 Å². The van der Waals surface area contributed by atoms with Crippen LogP contribution in [-0.2, 0) is 17.8 Å². The van der Waals surface area contributed by atoms with E-state index in [1.165, 1.54) is 5.56 Å². The first kappa shape index (κ1) is 15.0. The fourth-order valence-corrected chi connectivity index (χ4v) is 2.28. The van der Waals surface area contributed by atoms with E-state index in [1.54, 1.807) is 0 Å². The van der Waals surface area contributed by atoms with E-state index in [1.807, 2.05) is 18.2 Å². The Labute approximate surface area is 120 Å². The topological polar surface area (TPSA) is 51.6 Å². The van der Waals surface area contributed by atoms with Crippen molar-refractivity contribution in [2.24, 2.45) is 5.73 Å². The number of likely N-dealkylation sites (N-methyl/N-ethyl adjacent to an activating group) is 1. The summed E-state index contributed by atoms with van der Waals surface area (Å²) >= 11 is 0. The van der Waals surface area contributed by atoms with Crippen molar-refractivity contribution < 1.29 is 9.15 Å². The van der Waals surface area contributed by atoms with Crippen LogP contribution in [0.4, 0.5) is 0 Å². The van der Waals surface area contributed by atoms with Crippen LogP contribution in [0.25, 0.3) is 11.0 Å². The number of rotatable bonds is 7. The second-order valence-electron chi connectivity index (χ2n) is 5.36. The molecule has 0 saturated carbocycles. The summed E-state index contributed by atoms with van der Waals surface area (Å²) in [5.74, 6) is 0.878. The van der Waals surface area contributed by atoms with Gasteiger partial charge in [0.15, 0.2) is 0 Å². The smallest absolute Gasteiger partial charge is 0.134 e. The third-order valence-electron chi connectivity index (χ3n) is 3.32. The summed E-state index contributed by atoms with van der Waals surface area (Å²) in [7, 11) is 2.09. The minimum atomic E-state index is 0.276. The number of para-hydroxylation sites is 1. The summed E-state index contributed by atoms with van der Waals surface area (Å²) in [5.41, 5.74) is 7.89. The van der Waals surface area contributed by atoms with Crippen molar-refractivity contribution >= 4 is 11.0 Å². The molecule has 0 saturated heterocycles. The molecular weight excluding hydrogens is 252 g/mol. The van der Waals surface area contributed by atoms with Crippen molar-refractivity contribution in [3.05, 3.63) is 35.6 Å². The van der Waals surface area contributed by atoms with Gasteiger partial charge in [-0.05, 0) is 27.0 Å². The molecular formula is C16H24N2O2. The van der Waals surface area contributed by atoms with Crippen molar-refractivity contribution in [1.82, 2.24) is 4.90 Å². The van der Waals surface area contributed by atoms with E-state index in [0.29, 0.717) is 6.54 Å². The Morgan fingerprint density at radius 2 is 2.05 bits per heavy atom. The van der Waals surface area contributed by atoms with Crippen LogP contribution in [0.2, 0.25) is 0 Å². The number of hydrogen-bond acceptors (Lipinski definition) is 4. The molecule has 2 aromatic rings. The largest absolute Gasteiger partial charge is 0.459 e. The average Bonchev–Trinajstić information content (AvgIpc) is 2.76. The molecule has 0 bridgehead atoms. The van der Waals surface area contributed by atoms with Gasteiger partial charge in [-0.15, -0.1) is 0 Å². The third kappa shape index (κ3) is 3.60. The van der Waals surface area contributed by atoms with Gasteiger partial charge in [-0.1, -0.05) is 18.2 Å². The van der Waals surface area contributed by atoms with Crippen molar-refractivity contribution in [2.45, 2.75) is 33.0 Å². The lowest BCUT2D eigenvalue weighted by molar-refractivity contribution is 0.0626. The summed E-state index contributed by atoms with van der Waals surface area (Å²) in [6.07, 6.45) is 0.276. The van der Waals surface area contributed by atoms with Gasteiger partial charge in [0, 0.05) is 24.0 Å². The summed E-state index contributed by atoms with van der Waals surface area (Å²) in [6, 6.07) is 8.09. The standard InChI is InChI=1S/C16H24N2O2/c1-12(2)19-9-8-18(3)11-14-13-6-4-5-7-15(13)20-16(14)10-17/h4-7,12H,8-11,17H2,1-3H3. The molecule has 0 fully saturated rings. The number of furan rings is 1. The first-order chi connectivity index (χ1) is 9.61. The molecule has 4 nitrogen and oxygen atoms in total. The Morgan fingerprint density at radius 3 is 2.75 bits per heavy atom. The van der Waals surface area contributed by atoms with Gasteiger partial charge in [0.2, 0.25) is 0 Å². The van der Waals surface area contributed by atoms with Crippen LogP contribution < -0.4 is 5.73 Å². The molecule has 0 unspecified atom stereocenters. The Kier molecular flexibility index (Phi) is 5.17. The number of nitrogens with zero attached hydrogens (tertiary/aromatic N) is 1. The molecule has 0 aliphatic carbocycles. The SMILES string of the molecule is CC(C)OCCN(C)Cc1c(CN)oc2ccccc12. The lowest BCUT2D eigenvalue weighted by Gasteiger charge is -2.17. The predicted octanol–water partition coefficient (Wildman–Crippen LogP) is 2.75. The molecule has 2 N–H and O–H groups in total. The normalized spacial score (nSPS) is 11.9.